The first-order valence-corrected chi connectivity index (χ1v) is 6.88. The van der Waals surface area contributed by atoms with E-state index in [4.69, 9.17) is 4.74 Å². The number of nitrogens with zero attached hydrogens (tertiary/aromatic N) is 1. The summed E-state index contributed by atoms with van der Waals surface area (Å²) in [5.74, 6) is -0.219. The quantitative estimate of drug-likeness (QED) is 0.806. The van der Waals surface area contributed by atoms with Crippen molar-refractivity contribution < 1.29 is 14.3 Å². The van der Waals surface area contributed by atoms with E-state index in [0.29, 0.717) is 22.6 Å². The number of rotatable bonds is 0. The van der Waals surface area contributed by atoms with E-state index in [2.05, 4.69) is 5.32 Å². The summed E-state index contributed by atoms with van der Waals surface area (Å²) >= 11 is 1.43. The number of methoxy groups -OCH3 is 1. The third-order valence-electron chi connectivity index (χ3n) is 3.16. The summed E-state index contributed by atoms with van der Waals surface area (Å²) in [7, 11) is 1.33. The zero-order valence-electron chi connectivity index (χ0n) is 11.0. The van der Waals surface area contributed by atoms with Crippen molar-refractivity contribution in [3.05, 3.63) is 40.1 Å². The Labute approximate surface area is 119 Å². The van der Waals surface area contributed by atoms with Gasteiger partial charge < -0.3 is 10.1 Å². The molecule has 102 valence electrons. The first-order chi connectivity index (χ1) is 9.63. The van der Waals surface area contributed by atoms with Crippen molar-refractivity contribution in [3.63, 3.8) is 0 Å². The van der Waals surface area contributed by atoms with Crippen LogP contribution in [0.5, 0.6) is 0 Å². The number of para-hydroxylation sites is 2. The highest BCUT2D eigenvalue weighted by Crippen LogP contribution is 2.42. The average Bonchev–Trinajstić information content (AvgIpc) is 2.77. The first kappa shape index (κ1) is 12.7. The lowest BCUT2D eigenvalue weighted by atomic mass is 10.2. The molecule has 0 saturated heterocycles. The van der Waals surface area contributed by atoms with E-state index >= 15 is 0 Å². The number of hydrogen-bond donors (Lipinski definition) is 1. The van der Waals surface area contributed by atoms with Crippen LogP contribution in [0.15, 0.2) is 29.6 Å². The van der Waals surface area contributed by atoms with Gasteiger partial charge in [-0.05, 0) is 19.1 Å². The zero-order chi connectivity index (χ0) is 14.3. The Bertz CT molecular complexity index is 708. The van der Waals surface area contributed by atoms with Crippen molar-refractivity contribution in [1.29, 1.82) is 0 Å². The smallest absolute Gasteiger partial charge is 0.418 e. The minimum absolute atomic E-state index is 0.219. The second-order valence-electron chi connectivity index (χ2n) is 4.33. The van der Waals surface area contributed by atoms with Crippen LogP contribution in [0.2, 0.25) is 0 Å². The Morgan fingerprint density at radius 2 is 2.10 bits per heavy atom. The van der Waals surface area contributed by atoms with Crippen molar-refractivity contribution in [2.75, 3.05) is 17.3 Å². The lowest BCUT2D eigenvalue weighted by Gasteiger charge is -2.21. The van der Waals surface area contributed by atoms with Crippen molar-refractivity contribution in [1.82, 2.24) is 0 Å². The molecule has 1 aromatic heterocycles. The van der Waals surface area contributed by atoms with E-state index in [1.807, 2.05) is 13.0 Å². The molecule has 1 N–H and O–H groups in total. The van der Waals surface area contributed by atoms with E-state index in [-0.39, 0.29) is 5.91 Å². The third kappa shape index (κ3) is 1.77. The summed E-state index contributed by atoms with van der Waals surface area (Å²) in [4.78, 5) is 26.8. The molecule has 0 atom stereocenters. The molecule has 3 rings (SSSR count). The average molecular weight is 288 g/mol. The maximum atomic E-state index is 12.3. The van der Waals surface area contributed by atoms with E-state index in [0.717, 1.165) is 4.88 Å². The summed E-state index contributed by atoms with van der Waals surface area (Å²) in [5, 5.41) is 4.57. The Morgan fingerprint density at radius 1 is 1.35 bits per heavy atom. The number of carbonyl (C=O) groups excluding carboxylic acids is 2. The molecule has 20 heavy (non-hydrogen) atoms. The summed E-state index contributed by atoms with van der Waals surface area (Å²) in [6, 6.07) is 7.15. The van der Waals surface area contributed by atoms with Gasteiger partial charge in [0.2, 0.25) is 0 Å². The lowest BCUT2D eigenvalue weighted by molar-refractivity contribution is 0.102. The second kappa shape index (κ2) is 4.64. The molecule has 2 aromatic rings. The van der Waals surface area contributed by atoms with Gasteiger partial charge in [-0.2, -0.15) is 0 Å². The summed E-state index contributed by atoms with van der Waals surface area (Å²) in [6.45, 7) is 1.88. The normalized spacial score (nSPS) is 13.1. The Kier molecular flexibility index (Phi) is 2.94. The van der Waals surface area contributed by atoms with Gasteiger partial charge in [-0.15, -0.1) is 11.3 Å². The highest BCUT2D eigenvalue weighted by Gasteiger charge is 2.32. The van der Waals surface area contributed by atoms with Gasteiger partial charge in [0.1, 0.15) is 0 Å². The Hall–Kier alpha value is -2.34. The van der Waals surface area contributed by atoms with Crippen LogP contribution in [-0.2, 0) is 4.74 Å². The molecule has 0 bridgehead atoms. The predicted molar refractivity (Wildman–Crippen MR) is 78.0 cm³/mol. The van der Waals surface area contributed by atoms with Gasteiger partial charge in [0.05, 0.1) is 29.7 Å². The molecule has 0 radical (unpaired) electrons. The third-order valence-corrected chi connectivity index (χ3v) is 4.06. The number of benzene rings is 1. The van der Waals surface area contributed by atoms with Gasteiger partial charge in [-0.3, -0.25) is 4.79 Å². The van der Waals surface area contributed by atoms with Crippen molar-refractivity contribution in [2.24, 2.45) is 0 Å². The maximum Gasteiger partial charge on any atom is 0.418 e. The lowest BCUT2D eigenvalue weighted by Crippen LogP contribution is -2.26. The molecule has 6 heteroatoms. The number of ether oxygens (including phenoxy) is 1. The molecule has 5 nitrogen and oxygen atoms in total. The van der Waals surface area contributed by atoms with Gasteiger partial charge >= 0.3 is 6.09 Å². The monoisotopic (exact) mass is 288 g/mol. The van der Waals surface area contributed by atoms with E-state index in [1.165, 1.54) is 23.3 Å². The maximum absolute atomic E-state index is 12.3. The molecule has 0 spiro atoms. The Balaban J connectivity index is 2.31. The largest absolute Gasteiger partial charge is 0.452 e. The molecule has 0 fully saturated rings. The minimum atomic E-state index is -0.517. The molecular formula is C14H12N2O3S. The van der Waals surface area contributed by atoms with Crippen molar-refractivity contribution in [2.45, 2.75) is 6.92 Å². The molecular weight excluding hydrogens is 276 g/mol. The SMILES string of the molecule is COC(=O)N1c2ccccc2NC(=O)c2csc(C)c21. The van der Waals surface area contributed by atoms with Crippen LogP contribution < -0.4 is 10.2 Å². The highest BCUT2D eigenvalue weighted by atomic mass is 32.1. The van der Waals surface area contributed by atoms with E-state index in [1.54, 1.807) is 23.6 Å². The number of aryl methyl sites for hydroxylation is 1. The molecule has 0 aliphatic carbocycles. The van der Waals surface area contributed by atoms with Crippen LogP contribution in [0.1, 0.15) is 15.2 Å². The van der Waals surface area contributed by atoms with Crippen molar-refractivity contribution >= 4 is 40.4 Å². The molecule has 1 aromatic carbocycles. The molecule has 1 aliphatic rings. The van der Waals surface area contributed by atoms with Crippen LogP contribution in [0, 0.1) is 6.92 Å². The molecule has 2 amide bonds. The number of nitrogens with one attached hydrogen (secondary N) is 1. The minimum Gasteiger partial charge on any atom is -0.452 e. The predicted octanol–water partition coefficient (Wildman–Crippen LogP) is 3.53. The summed E-state index contributed by atoms with van der Waals surface area (Å²) < 4.78 is 4.87. The Morgan fingerprint density at radius 3 is 2.85 bits per heavy atom. The van der Waals surface area contributed by atoms with Crippen LogP contribution >= 0.6 is 11.3 Å². The number of fused-ring (bicyclic) bond motifs is 2. The van der Waals surface area contributed by atoms with Crippen LogP contribution in [0.3, 0.4) is 0 Å². The van der Waals surface area contributed by atoms with Crippen LogP contribution in [-0.4, -0.2) is 19.1 Å². The number of carbonyl (C=O) groups is 2. The molecule has 0 saturated carbocycles. The van der Waals surface area contributed by atoms with Gasteiger partial charge in [-0.1, -0.05) is 12.1 Å². The standard InChI is InChI=1S/C14H12N2O3S/c1-8-12-9(7-20-8)13(17)15-10-5-3-4-6-11(10)16(12)14(18)19-2/h3-7H,1-2H3,(H,15,17). The van der Waals surface area contributed by atoms with Gasteiger partial charge in [0.15, 0.2) is 0 Å². The van der Waals surface area contributed by atoms with E-state index in [9.17, 15) is 9.59 Å². The second-order valence-corrected chi connectivity index (χ2v) is 5.41. The summed E-state index contributed by atoms with van der Waals surface area (Å²) in [6.07, 6.45) is -0.517. The fourth-order valence-electron chi connectivity index (χ4n) is 2.25. The number of hydrogen-bond acceptors (Lipinski definition) is 4. The first-order valence-electron chi connectivity index (χ1n) is 6.00. The van der Waals surface area contributed by atoms with Crippen molar-refractivity contribution in [3.8, 4) is 0 Å². The molecule has 0 unspecified atom stereocenters. The number of thiophene rings is 1. The number of anilines is 3. The molecule has 2 heterocycles. The topological polar surface area (TPSA) is 58.6 Å². The van der Waals surface area contributed by atoms with E-state index < -0.39 is 6.09 Å². The van der Waals surface area contributed by atoms with Gasteiger partial charge in [-0.25, -0.2) is 9.69 Å². The fourth-order valence-corrected chi connectivity index (χ4v) is 3.08. The number of amides is 2. The fraction of sp³-hybridized carbons (Fsp3) is 0.143. The van der Waals surface area contributed by atoms with Gasteiger partial charge in [0, 0.05) is 10.3 Å². The zero-order valence-corrected chi connectivity index (χ0v) is 11.8. The summed E-state index contributed by atoms with van der Waals surface area (Å²) in [5.41, 5.74) is 2.26. The van der Waals surface area contributed by atoms with Crippen LogP contribution in [0.4, 0.5) is 21.9 Å². The van der Waals surface area contributed by atoms with Gasteiger partial charge in [0.25, 0.3) is 5.91 Å². The molecule has 1 aliphatic heterocycles. The van der Waals surface area contributed by atoms with Crippen LogP contribution in [0.25, 0.3) is 0 Å². The highest BCUT2D eigenvalue weighted by molar-refractivity contribution is 7.10.